The number of esters is 1. The van der Waals surface area contributed by atoms with Crippen LogP contribution in [0.25, 0.3) is 17.2 Å². The van der Waals surface area contributed by atoms with Crippen molar-refractivity contribution in [3.63, 3.8) is 0 Å². The summed E-state index contributed by atoms with van der Waals surface area (Å²) in [6.07, 6.45) is 2.87. The Balaban J connectivity index is 1.85. The number of hydrogen-bond donors (Lipinski definition) is 1. The standard InChI is InChI=1S/C24H25FO5/c1-14(2)20-13-21-24(29-10-9-28-21)23(15-3-5-16(25)6-4-15)19(20)8-7-18-11-17(26)12-22(27)30-18/h3-8,13-14,17-18,26H,9-12H2,1-2H3/b8-7+/t17-,18-/m1/s1. The third-order valence-electron chi connectivity index (χ3n) is 5.33. The van der Waals surface area contributed by atoms with E-state index in [9.17, 15) is 14.3 Å². The molecule has 0 aromatic heterocycles. The predicted octanol–water partition coefficient (Wildman–Crippen LogP) is 4.47. The Labute approximate surface area is 175 Å². The molecule has 2 aromatic rings. The summed E-state index contributed by atoms with van der Waals surface area (Å²) < 4.78 is 30.7. The summed E-state index contributed by atoms with van der Waals surface area (Å²) in [5.74, 6) is 0.746. The van der Waals surface area contributed by atoms with E-state index in [0.717, 1.165) is 22.3 Å². The van der Waals surface area contributed by atoms with Crippen LogP contribution in [0, 0.1) is 5.82 Å². The van der Waals surface area contributed by atoms with E-state index in [1.807, 2.05) is 12.1 Å². The van der Waals surface area contributed by atoms with Crippen LogP contribution in [0.15, 0.2) is 36.4 Å². The Morgan fingerprint density at radius 1 is 1.17 bits per heavy atom. The maximum atomic E-state index is 13.6. The molecule has 1 N–H and O–H groups in total. The molecule has 30 heavy (non-hydrogen) atoms. The van der Waals surface area contributed by atoms with Crippen LogP contribution in [-0.4, -0.2) is 36.5 Å². The molecule has 2 aliphatic rings. The number of aliphatic hydroxyl groups is 1. The van der Waals surface area contributed by atoms with Gasteiger partial charge in [0.05, 0.1) is 12.5 Å². The molecule has 0 amide bonds. The monoisotopic (exact) mass is 412 g/mol. The highest BCUT2D eigenvalue weighted by Gasteiger charge is 2.27. The SMILES string of the molecule is CC(C)c1cc2c(c(-c3ccc(F)cc3)c1/C=C/[C@@H]1C[C@@H](O)CC(=O)O1)OCCO2. The quantitative estimate of drug-likeness (QED) is 0.751. The van der Waals surface area contributed by atoms with Crippen molar-refractivity contribution in [3.8, 4) is 22.6 Å². The Kier molecular flexibility index (Phi) is 5.77. The summed E-state index contributed by atoms with van der Waals surface area (Å²) in [5, 5.41) is 9.90. The zero-order chi connectivity index (χ0) is 21.3. The lowest BCUT2D eigenvalue weighted by molar-refractivity contribution is -0.156. The topological polar surface area (TPSA) is 65.0 Å². The molecular weight excluding hydrogens is 387 g/mol. The summed E-state index contributed by atoms with van der Waals surface area (Å²) in [5.41, 5.74) is 3.56. The van der Waals surface area contributed by atoms with Gasteiger partial charge in [-0.2, -0.15) is 0 Å². The molecule has 0 radical (unpaired) electrons. The van der Waals surface area contributed by atoms with Gasteiger partial charge in [-0.05, 0) is 46.9 Å². The van der Waals surface area contributed by atoms with Crippen molar-refractivity contribution in [3.05, 3.63) is 53.4 Å². The van der Waals surface area contributed by atoms with E-state index in [1.54, 1.807) is 18.2 Å². The van der Waals surface area contributed by atoms with E-state index < -0.39 is 18.2 Å². The highest BCUT2D eigenvalue weighted by atomic mass is 19.1. The fraction of sp³-hybridized carbons (Fsp3) is 0.375. The van der Waals surface area contributed by atoms with Gasteiger partial charge in [0.2, 0.25) is 0 Å². The number of fused-ring (bicyclic) bond motifs is 1. The lowest BCUT2D eigenvalue weighted by atomic mass is 9.88. The van der Waals surface area contributed by atoms with Gasteiger partial charge in [-0.1, -0.05) is 32.1 Å². The molecule has 158 valence electrons. The zero-order valence-electron chi connectivity index (χ0n) is 17.1. The number of carbonyl (C=O) groups excluding carboxylic acids is 1. The second-order valence-electron chi connectivity index (χ2n) is 7.92. The van der Waals surface area contributed by atoms with Crippen LogP contribution in [0.1, 0.15) is 43.7 Å². The molecule has 1 fully saturated rings. The minimum Gasteiger partial charge on any atom is -0.486 e. The van der Waals surface area contributed by atoms with E-state index in [4.69, 9.17) is 14.2 Å². The molecule has 6 heteroatoms. The number of benzene rings is 2. The van der Waals surface area contributed by atoms with Crippen LogP contribution in [0.4, 0.5) is 4.39 Å². The summed E-state index contributed by atoms with van der Waals surface area (Å²) >= 11 is 0. The third kappa shape index (κ3) is 4.19. The van der Waals surface area contributed by atoms with Gasteiger partial charge in [-0.3, -0.25) is 4.79 Å². The van der Waals surface area contributed by atoms with Crippen LogP contribution < -0.4 is 9.47 Å². The summed E-state index contributed by atoms with van der Waals surface area (Å²) in [7, 11) is 0. The zero-order valence-corrected chi connectivity index (χ0v) is 17.1. The first-order valence-electron chi connectivity index (χ1n) is 10.2. The second kappa shape index (κ2) is 8.48. The fourth-order valence-corrected chi connectivity index (χ4v) is 3.91. The lowest BCUT2D eigenvalue weighted by Crippen LogP contribution is -2.31. The van der Waals surface area contributed by atoms with Crippen molar-refractivity contribution < 1.29 is 28.5 Å². The molecule has 4 rings (SSSR count). The average molecular weight is 412 g/mol. The lowest BCUT2D eigenvalue weighted by Gasteiger charge is -2.27. The maximum absolute atomic E-state index is 13.6. The first-order valence-corrected chi connectivity index (χ1v) is 10.2. The first-order chi connectivity index (χ1) is 14.4. The Morgan fingerprint density at radius 3 is 2.60 bits per heavy atom. The van der Waals surface area contributed by atoms with E-state index in [0.29, 0.717) is 31.1 Å². The number of halogens is 1. The largest absolute Gasteiger partial charge is 0.486 e. The van der Waals surface area contributed by atoms with E-state index in [1.165, 1.54) is 12.1 Å². The van der Waals surface area contributed by atoms with Gasteiger partial charge >= 0.3 is 5.97 Å². The van der Waals surface area contributed by atoms with Gasteiger partial charge in [0.15, 0.2) is 11.5 Å². The molecule has 2 aromatic carbocycles. The van der Waals surface area contributed by atoms with Crippen LogP contribution >= 0.6 is 0 Å². The molecule has 0 saturated carbocycles. The molecule has 0 bridgehead atoms. The Morgan fingerprint density at radius 2 is 1.90 bits per heavy atom. The van der Waals surface area contributed by atoms with Crippen molar-refractivity contribution in [2.45, 2.75) is 44.8 Å². The minimum atomic E-state index is -0.706. The second-order valence-corrected chi connectivity index (χ2v) is 7.92. The molecule has 5 nitrogen and oxygen atoms in total. The Bertz CT molecular complexity index is 965. The molecule has 0 spiro atoms. The normalized spacial score (nSPS) is 21.2. The van der Waals surface area contributed by atoms with Crippen LogP contribution in [0.2, 0.25) is 0 Å². The van der Waals surface area contributed by atoms with Gasteiger partial charge in [0.25, 0.3) is 0 Å². The minimum absolute atomic E-state index is 0.0203. The molecule has 2 atom stereocenters. The summed E-state index contributed by atoms with van der Waals surface area (Å²) in [6, 6.07) is 8.25. The third-order valence-corrected chi connectivity index (χ3v) is 5.33. The van der Waals surface area contributed by atoms with Crippen LogP contribution in [0.3, 0.4) is 0 Å². The molecule has 0 unspecified atom stereocenters. The van der Waals surface area contributed by atoms with Crippen molar-refractivity contribution >= 4 is 12.0 Å². The molecule has 2 heterocycles. The number of hydrogen-bond acceptors (Lipinski definition) is 5. The maximum Gasteiger partial charge on any atom is 0.309 e. The van der Waals surface area contributed by atoms with Gasteiger partial charge in [0, 0.05) is 12.0 Å². The fourth-order valence-electron chi connectivity index (χ4n) is 3.91. The average Bonchev–Trinajstić information content (AvgIpc) is 2.71. The predicted molar refractivity (Wildman–Crippen MR) is 111 cm³/mol. The van der Waals surface area contributed by atoms with Crippen molar-refractivity contribution in [1.29, 1.82) is 0 Å². The smallest absolute Gasteiger partial charge is 0.309 e. The molecular formula is C24H25FO5. The van der Waals surface area contributed by atoms with E-state index in [2.05, 4.69) is 13.8 Å². The van der Waals surface area contributed by atoms with E-state index >= 15 is 0 Å². The highest BCUT2D eigenvalue weighted by Crippen LogP contribution is 2.46. The van der Waals surface area contributed by atoms with Gasteiger partial charge in [-0.15, -0.1) is 0 Å². The number of aliphatic hydroxyl groups excluding tert-OH is 1. The summed E-state index contributed by atoms with van der Waals surface area (Å²) in [6.45, 7) is 5.07. The van der Waals surface area contributed by atoms with Gasteiger partial charge in [0.1, 0.15) is 25.1 Å². The number of carbonyl (C=O) groups is 1. The van der Waals surface area contributed by atoms with Crippen molar-refractivity contribution in [1.82, 2.24) is 0 Å². The molecule has 2 aliphatic heterocycles. The van der Waals surface area contributed by atoms with Crippen molar-refractivity contribution in [2.75, 3.05) is 13.2 Å². The molecule has 0 aliphatic carbocycles. The van der Waals surface area contributed by atoms with Gasteiger partial charge < -0.3 is 19.3 Å². The number of rotatable bonds is 4. The van der Waals surface area contributed by atoms with Gasteiger partial charge in [-0.25, -0.2) is 4.39 Å². The number of ether oxygens (including phenoxy) is 3. The van der Waals surface area contributed by atoms with Crippen molar-refractivity contribution in [2.24, 2.45) is 0 Å². The molecule has 1 saturated heterocycles. The highest BCUT2D eigenvalue weighted by molar-refractivity contribution is 5.85. The van der Waals surface area contributed by atoms with Crippen LogP contribution in [0.5, 0.6) is 11.5 Å². The van der Waals surface area contributed by atoms with Crippen LogP contribution in [-0.2, 0) is 9.53 Å². The summed E-state index contributed by atoms with van der Waals surface area (Å²) in [4.78, 5) is 11.7. The van der Waals surface area contributed by atoms with E-state index in [-0.39, 0.29) is 18.2 Å². The first kappa shape index (κ1) is 20.4. The number of cyclic esters (lactones) is 1. The Hall–Kier alpha value is -2.86.